The maximum Gasteiger partial charge on any atom is 0.237 e. The molecule has 0 radical (unpaired) electrons. The van der Waals surface area contributed by atoms with E-state index in [1.165, 1.54) is 18.1 Å². The average Bonchev–Trinajstić information content (AvgIpc) is 2.55. The molecule has 6 heteroatoms. The number of anilines is 1. The maximum atomic E-state index is 12.3. The zero-order valence-corrected chi connectivity index (χ0v) is 13.9. The normalized spacial score (nSPS) is 12.1. The third-order valence-corrected chi connectivity index (χ3v) is 4.61. The molecule has 1 aromatic heterocycles. The van der Waals surface area contributed by atoms with Crippen LogP contribution in [0.3, 0.4) is 0 Å². The van der Waals surface area contributed by atoms with E-state index in [0.29, 0.717) is 10.7 Å². The molecular weight excluding hydrogens is 330 g/mol. The standard InChI is InChI=1S/C17H14ClN3OS/c1-11(16(22)21-13-6-4-5-12(18)9-13)23-17-14-7-2-3-8-15(14)19-10-20-17/h2-11H,1H3,(H,21,22). The molecule has 0 fully saturated rings. The monoisotopic (exact) mass is 343 g/mol. The number of halogens is 1. The molecule has 1 amide bonds. The molecule has 1 atom stereocenters. The quantitative estimate of drug-likeness (QED) is 0.563. The van der Waals surface area contributed by atoms with E-state index in [1.807, 2.05) is 31.2 Å². The number of rotatable bonds is 4. The van der Waals surface area contributed by atoms with Gasteiger partial charge in [-0.2, -0.15) is 0 Å². The number of benzene rings is 2. The molecule has 1 N–H and O–H groups in total. The minimum atomic E-state index is -0.299. The Morgan fingerprint density at radius 3 is 2.83 bits per heavy atom. The molecule has 0 aliphatic heterocycles. The van der Waals surface area contributed by atoms with Gasteiger partial charge in [0.15, 0.2) is 0 Å². The van der Waals surface area contributed by atoms with Crippen molar-refractivity contribution in [1.82, 2.24) is 9.97 Å². The summed E-state index contributed by atoms with van der Waals surface area (Å²) < 4.78 is 0. The van der Waals surface area contributed by atoms with Gasteiger partial charge in [0.25, 0.3) is 0 Å². The van der Waals surface area contributed by atoms with Crippen LogP contribution in [0.15, 0.2) is 59.9 Å². The first-order chi connectivity index (χ1) is 11.1. The lowest BCUT2D eigenvalue weighted by atomic mass is 10.2. The van der Waals surface area contributed by atoms with Crippen molar-refractivity contribution in [3.05, 3.63) is 59.9 Å². The minimum absolute atomic E-state index is 0.0973. The van der Waals surface area contributed by atoms with Gasteiger partial charge in [0.2, 0.25) is 5.91 Å². The largest absolute Gasteiger partial charge is 0.325 e. The lowest BCUT2D eigenvalue weighted by Crippen LogP contribution is -2.22. The Labute approximate surface area is 143 Å². The lowest BCUT2D eigenvalue weighted by molar-refractivity contribution is -0.115. The molecule has 0 saturated carbocycles. The Kier molecular flexibility index (Phi) is 4.79. The summed E-state index contributed by atoms with van der Waals surface area (Å²) in [6.07, 6.45) is 1.52. The van der Waals surface area contributed by atoms with Gasteiger partial charge in [-0.25, -0.2) is 9.97 Å². The number of para-hydroxylation sites is 1. The van der Waals surface area contributed by atoms with E-state index < -0.39 is 0 Å². The maximum absolute atomic E-state index is 12.3. The Hall–Kier alpha value is -2.11. The van der Waals surface area contributed by atoms with Crippen molar-refractivity contribution < 1.29 is 4.79 Å². The zero-order chi connectivity index (χ0) is 16.2. The molecule has 116 valence electrons. The minimum Gasteiger partial charge on any atom is -0.325 e. The molecule has 23 heavy (non-hydrogen) atoms. The first-order valence-corrected chi connectivity index (χ1v) is 8.32. The second-order valence-corrected chi connectivity index (χ2v) is 6.72. The molecule has 4 nitrogen and oxygen atoms in total. The highest BCUT2D eigenvalue weighted by Crippen LogP contribution is 2.28. The summed E-state index contributed by atoms with van der Waals surface area (Å²) >= 11 is 7.34. The highest BCUT2D eigenvalue weighted by molar-refractivity contribution is 8.00. The number of hydrogen-bond donors (Lipinski definition) is 1. The summed E-state index contributed by atoms with van der Waals surface area (Å²) in [6.45, 7) is 1.85. The topological polar surface area (TPSA) is 54.9 Å². The molecule has 3 rings (SSSR count). The van der Waals surface area contributed by atoms with Gasteiger partial charge in [0.1, 0.15) is 11.4 Å². The highest BCUT2D eigenvalue weighted by Gasteiger charge is 2.17. The first kappa shape index (κ1) is 15.8. The second kappa shape index (κ2) is 6.98. The van der Waals surface area contributed by atoms with Crippen LogP contribution in [-0.2, 0) is 4.79 Å². The van der Waals surface area contributed by atoms with Crippen LogP contribution >= 0.6 is 23.4 Å². The zero-order valence-electron chi connectivity index (χ0n) is 12.4. The number of carbonyl (C=O) groups excluding carboxylic acids is 1. The van der Waals surface area contributed by atoms with Crippen molar-refractivity contribution in [1.29, 1.82) is 0 Å². The Morgan fingerprint density at radius 1 is 1.17 bits per heavy atom. The van der Waals surface area contributed by atoms with E-state index in [0.717, 1.165) is 15.9 Å². The molecule has 1 unspecified atom stereocenters. The molecular formula is C17H14ClN3OS. The summed E-state index contributed by atoms with van der Waals surface area (Å²) in [6, 6.07) is 14.8. The molecule has 0 spiro atoms. The van der Waals surface area contributed by atoms with Crippen molar-refractivity contribution in [3.8, 4) is 0 Å². The smallest absolute Gasteiger partial charge is 0.237 e. The Morgan fingerprint density at radius 2 is 2.00 bits per heavy atom. The summed E-state index contributed by atoms with van der Waals surface area (Å²) in [7, 11) is 0. The summed E-state index contributed by atoms with van der Waals surface area (Å²) in [4.78, 5) is 20.9. The summed E-state index contributed by atoms with van der Waals surface area (Å²) in [5, 5.41) is 4.89. The molecule has 3 aromatic rings. The van der Waals surface area contributed by atoms with Crippen LogP contribution in [0.4, 0.5) is 5.69 Å². The Balaban J connectivity index is 1.75. The predicted molar refractivity (Wildman–Crippen MR) is 94.9 cm³/mol. The SMILES string of the molecule is CC(Sc1ncnc2ccccc12)C(=O)Nc1cccc(Cl)c1. The fourth-order valence-corrected chi connectivity index (χ4v) is 3.20. The van der Waals surface area contributed by atoms with Gasteiger partial charge in [-0.3, -0.25) is 4.79 Å². The molecule has 0 bridgehead atoms. The van der Waals surface area contributed by atoms with Crippen molar-refractivity contribution >= 4 is 45.9 Å². The van der Waals surface area contributed by atoms with Crippen LogP contribution in [0.2, 0.25) is 5.02 Å². The number of aromatic nitrogens is 2. The van der Waals surface area contributed by atoms with Crippen LogP contribution in [0.5, 0.6) is 0 Å². The molecule has 2 aromatic carbocycles. The van der Waals surface area contributed by atoms with Crippen molar-refractivity contribution in [2.24, 2.45) is 0 Å². The van der Waals surface area contributed by atoms with Gasteiger partial charge >= 0.3 is 0 Å². The molecule has 0 aliphatic carbocycles. The van der Waals surface area contributed by atoms with Gasteiger partial charge in [-0.1, -0.05) is 47.6 Å². The number of hydrogen-bond acceptors (Lipinski definition) is 4. The molecule has 0 aliphatic rings. The first-order valence-electron chi connectivity index (χ1n) is 7.06. The fraction of sp³-hybridized carbons (Fsp3) is 0.118. The molecule has 0 saturated heterocycles. The van der Waals surface area contributed by atoms with E-state index in [-0.39, 0.29) is 11.2 Å². The third-order valence-electron chi connectivity index (χ3n) is 3.26. The number of carbonyl (C=O) groups is 1. The summed E-state index contributed by atoms with van der Waals surface area (Å²) in [5.74, 6) is -0.0973. The van der Waals surface area contributed by atoms with Crippen molar-refractivity contribution in [2.75, 3.05) is 5.32 Å². The van der Waals surface area contributed by atoms with Crippen LogP contribution in [0.1, 0.15) is 6.92 Å². The highest BCUT2D eigenvalue weighted by atomic mass is 35.5. The van der Waals surface area contributed by atoms with E-state index in [1.54, 1.807) is 24.3 Å². The van der Waals surface area contributed by atoms with E-state index in [2.05, 4.69) is 15.3 Å². The van der Waals surface area contributed by atoms with Gasteiger partial charge in [-0.15, -0.1) is 0 Å². The average molecular weight is 344 g/mol. The number of nitrogens with one attached hydrogen (secondary N) is 1. The van der Waals surface area contributed by atoms with Gasteiger partial charge in [-0.05, 0) is 31.2 Å². The number of thioether (sulfide) groups is 1. The Bertz CT molecular complexity index is 851. The van der Waals surface area contributed by atoms with E-state index in [9.17, 15) is 4.79 Å². The van der Waals surface area contributed by atoms with E-state index in [4.69, 9.17) is 11.6 Å². The van der Waals surface area contributed by atoms with Crippen molar-refractivity contribution in [2.45, 2.75) is 17.2 Å². The van der Waals surface area contributed by atoms with Crippen LogP contribution in [-0.4, -0.2) is 21.1 Å². The number of nitrogens with zero attached hydrogens (tertiary/aromatic N) is 2. The molecule has 1 heterocycles. The number of fused-ring (bicyclic) bond motifs is 1. The van der Waals surface area contributed by atoms with Gasteiger partial charge in [0.05, 0.1) is 10.8 Å². The van der Waals surface area contributed by atoms with Crippen LogP contribution in [0, 0.1) is 0 Å². The van der Waals surface area contributed by atoms with Crippen LogP contribution < -0.4 is 5.32 Å². The fourth-order valence-electron chi connectivity index (χ4n) is 2.11. The third kappa shape index (κ3) is 3.81. The van der Waals surface area contributed by atoms with E-state index >= 15 is 0 Å². The lowest BCUT2D eigenvalue weighted by Gasteiger charge is -2.12. The van der Waals surface area contributed by atoms with Gasteiger partial charge < -0.3 is 5.32 Å². The van der Waals surface area contributed by atoms with Crippen molar-refractivity contribution in [3.63, 3.8) is 0 Å². The number of amides is 1. The summed E-state index contributed by atoms with van der Waals surface area (Å²) in [5.41, 5.74) is 1.55. The predicted octanol–water partition coefficient (Wildman–Crippen LogP) is 4.40. The van der Waals surface area contributed by atoms with Gasteiger partial charge in [0, 0.05) is 16.1 Å². The van der Waals surface area contributed by atoms with Crippen LogP contribution in [0.25, 0.3) is 10.9 Å². The second-order valence-electron chi connectivity index (χ2n) is 4.96.